The van der Waals surface area contributed by atoms with Crippen LogP contribution in [0.5, 0.6) is 0 Å². The molecule has 0 bridgehead atoms. The van der Waals surface area contributed by atoms with Crippen LogP contribution >= 0.6 is 0 Å². The van der Waals surface area contributed by atoms with E-state index in [1.54, 1.807) is 13.8 Å². The monoisotopic (exact) mass is 357 g/mol. The Labute approximate surface area is 142 Å². The van der Waals surface area contributed by atoms with Crippen molar-refractivity contribution >= 4 is 23.5 Å². The van der Waals surface area contributed by atoms with Gasteiger partial charge in [0.15, 0.2) is 0 Å². The maximum atomic E-state index is 12.5. The second-order valence-corrected chi connectivity index (χ2v) is 5.62. The number of rotatable bonds is 5. The lowest BCUT2D eigenvalue weighted by Crippen LogP contribution is -2.47. The lowest BCUT2D eigenvalue weighted by atomic mass is 9.99. The van der Waals surface area contributed by atoms with Crippen molar-refractivity contribution in [2.24, 2.45) is 5.92 Å². The smallest absolute Gasteiger partial charge is 0.416 e. The van der Waals surface area contributed by atoms with E-state index in [1.807, 2.05) is 0 Å². The SMILES string of the molecule is CC(=O)NC(C(=O)C(=N)OC(=N)c1ccc(C(F)(F)F)cc1)C(C)C. The Morgan fingerprint density at radius 3 is 2.04 bits per heavy atom. The van der Waals surface area contributed by atoms with Gasteiger partial charge in [-0.1, -0.05) is 13.8 Å². The van der Waals surface area contributed by atoms with Gasteiger partial charge in [0.1, 0.15) is 0 Å². The average molecular weight is 357 g/mol. The number of carbonyl (C=O) groups is 2. The zero-order valence-corrected chi connectivity index (χ0v) is 13.8. The van der Waals surface area contributed by atoms with E-state index in [9.17, 15) is 22.8 Å². The summed E-state index contributed by atoms with van der Waals surface area (Å²) in [4.78, 5) is 23.3. The van der Waals surface area contributed by atoms with Crippen molar-refractivity contribution in [1.82, 2.24) is 5.32 Å². The lowest BCUT2D eigenvalue weighted by molar-refractivity contribution is -0.137. The van der Waals surface area contributed by atoms with Crippen molar-refractivity contribution in [1.29, 1.82) is 10.8 Å². The number of nitrogens with one attached hydrogen (secondary N) is 3. The minimum atomic E-state index is -4.51. The Morgan fingerprint density at radius 1 is 1.12 bits per heavy atom. The number of carbonyl (C=O) groups excluding carboxylic acids is 2. The van der Waals surface area contributed by atoms with Gasteiger partial charge in [-0.05, 0) is 30.2 Å². The number of hydrogen-bond donors (Lipinski definition) is 3. The zero-order valence-electron chi connectivity index (χ0n) is 13.8. The molecule has 0 fully saturated rings. The largest absolute Gasteiger partial charge is 0.417 e. The summed E-state index contributed by atoms with van der Waals surface area (Å²) < 4.78 is 42.3. The van der Waals surface area contributed by atoms with E-state index in [1.165, 1.54) is 6.92 Å². The predicted octanol–water partition coefficient (Wildman–Crippen LogP) is 2.75. The molecule has 1 atom stereocenters. The normalized spacial score (nSPS) is 12.4. The number of amides is 1. The molecule has 6 nitrogen and oxygen atoms in total. The highest BCUT2D eigenvalue weighted by molar-refractivity contribution is 6.39. The first-order valence-corrected chi connectivity index (χ1v) is 7.27. The molecule has 0 aliphatic rings. The summed E-state index contributed by atoms with van der Waals surface area (Å²) >= 11 is 0. The summed E-state index contributed by atoms with van der Waals surface area (Å²) in [6.07, 6.45) is -4.51. The molecule has 1 aromatic rings. The van der Waals surface area contributed by atoms with Gasteiger partial charge in [-0.2, -0.15) is 13.2 Å². The first kappa shape index (κ1) is 20.3. The zero-order chi connectivity index (χ0) is 19.4. The van der Waals surface area contributed by atoms with Crippen LogP contribution in [0.3, 0.4) is 0 Å². The minimum absolute atomic E-state index is 0.0221. The Kier molecular flexibility index (Phi) is 6.43. The average Bonchev–Trinajstić information content (AvgIpc) is 2.50. The molecule has 0 saturated carbocycles. The number of halogens is 3. The van der Waals surface area contributed by atoms with Gasteiger partial charge in [-0.3, -0.25) is 20.4 Å². The fourth-order valence-corrected chi connectivity index (χ4v) is 1.92. The minimum Gasteiger partial charge on any atom is -0.417 e. The highest BCUT2D eigenvalue weighted by atomic mass is 19.4. The van der Waals surface area contributed by atoms with E-state index >= 15 is 0 Å². The maximum absolute atomic E-state index is 12.5. The summed E-state index contributed by atoms with van der Waals surface area (Å²) in [5.41, 5.74) is -0.910. The summed E-state index contributed by atoms with van der Waals surface area (Å²) in [6, 6.07) is 2.57. The highest BCUT2D eigenvalue weighted by Crippen LogP contribution is 2.29. The molecule has 9 heteroatoms. The molecule has 0 saturated heterocycles. The van der Waals surface area contributed by atoms with Crippen LogP contribution in [0, 0.1) is 16.7 Å². The molecule has 0 aliphatic heterocycles. The van der Waals surface area contributed by atoms with Crippen LogP contribution in [0.4, 0.5) is 13.2 Å². The Balaban J connectivity index is 2.83. The number of alkyl halides is 3. The number of benzene rings is 1. The van der Waals surface area contributed by atoms with Crippen molar-refractivity contribution in [3.8, 4) is 0 Å². The van der Waals surface area contributed by atoms with Crippen molar-refractivity contribution in [2.75, 3.05) is 0 Å². The Morgan fingerprint density at radius 2 is 1.64 bits per heavy atom. The van der Waals surface area contributed by atoms with Gasteiger partial charge in [-0.25, -0.2) is 0 Å². The van der Waals surface area contributed by atoms with E-state index in [2.05, 4.69) is 5.32 Å². The molecular formula is C16H18F3N3O3. The van der Waals surface area contributed by atoms with E-state index in [-0.39, 0.29) is 11.5 Å². The topological polar surface area (TPSA) is 103 Å². The van der Waals surface area contributed by atoms with Gasteiger partial charge in [0.05, 0.1) is 11.6 Å². The van der Waals surface area contributed by atoms with Gasteiger partial charge in [0.25, 0.3) is 5.90 Å². The lowest BCUT2D eigenvalue weighted by Gasteiger charge is -2.20. The van der Waals surface area contributed by atoms with Gasteiger partial charge < -0.3 is 10.1 Å². The van der Waals surface area contributed by atoms with Crippen LogP contribution in [0.1, 0.15) is 31.9 Å². The van der Waals surface area contributed by atoms with Gasteiger partial charge >= 0.3 is 6.18 Å². The Bertz CT molecular complexity index is 682. The molecule has 136 valence electrons. The molecule has 0 aromatic heterocycles. The predicted molar refractivity (Wildman–Crippen MR) is 84.5 cm³/mol. The standard InChI is InChI=1S/C16H18F3N3O3/c1-8(2)12(22-9(3)23)13(24)15(21)25-14(20)10-4-6-11(7-5-10)16(17,18)19/h4-8,12,20-21H,1-3H3,(H,22,23). The quantitative estimate of drug-likeness (QED) is 0.558. The van der Waals surface area contributed by atoms with Crippen LogP contribution < -0.4 is 5.32 Å². The first-order chi connectivity index (χ1) is 11.4. The van der Waals surface area contributed by atoms with Crippen LogP contribution in [0.2, 0.25) is 0 Å². The van der Waals surface area contributed by atoms with Crippen molar-refractivity contribution < 1.29 is 27.5 Å². The van der Waals surface area contributed by atoms with Crippen LogP contribution in [-0.2, 0) is 20.5 Å². The van der Waals surface area contributed by atoms with Crippen LogP contribution in [-0.4, -0.2) is 29.5 Å². The van der Waals surface area contributed by atoms with Gasteiger partial charge in [0.2, 0.25) is 17.6 Å². The molecule has 0 aliphatic carbocycles. The number of Topliss-reactive ketones (excluding diaryl/α,β-unsaturated/α-hetero) is 1. The summed E-state index contributed by atoms with van der Waals surface area (Å²) in [5.74, 6) is -3.13. The second kappa shape index (κ2) is 7.91. The summed E-state index contributed by atoms with van der Waals surface area (Å²) in [5, 5.41) is 17.7. The molecule has 1 unspecified atom stereocenters. The molecule has 0 spiro atoms. The van der Waals surface area contributed by atoms with E-state index < -0.39 is 41.3 Å². The highest BCUT2D eigenvalue weighted by Gasteiger charge is 2.31. The van der Waals surface area contributed by atoms with Gasteiger partial charge in [-0.15, -0.1) is 0 Å². The fraction of sp³-hybridized carbons (Fsp3) is 0.375. The molecule has 0 heterocycles. The third kappa shape index (κ3) is 5.70. The van der Waals surface area contributed by atoms with Crippen molar-refractivity contribution in [2.45, 2.75) is 33.0 Å². The van der Waals surface area contributed by atoms with Gasteiger partial charge in [0, 0.05) is 12.5 Å². The van der Waals surface area contributed by atoms with E-state index in [0.717, 1.165) is 24.3 Å². The van der Waals surface area contributed by atoms with Crippen LogP contribution in [0.25, 0.3) is 0 Å². The molecule has 25 heavy (non-hydrogen) atoms. The van der Waals surface area contributed by atoms with E-state index in [0.29, 0.717) is 0 Å². The molecule has 1 rings (SSSR count). The number of ether oxygens (including phenoxy) is 1. The fourth-order valence-electron chi connectivity index (χ4n) is 1.92. The molecule has 0 radical (unpaired) electrons. The Hall–Kier alpha value is -2.71. The third-order valence-corrected chi connectivity index (χ3v) is 3.21. The van der Waals surface area contributed by atoms with Crippen LogP contribution in [0.15, 0.2) is 24.3 Å². The molecule has 1 amide bonds. The van der Waals surface area contributed by atoms with Crippen molar-refractivity contribution in [3.63, 3.8) is 0 Å². The molecular weight excluding hydrogens is 339 g/mol. The van der Waals surface area contributed by atoms with Crippen molar-refractivity contribution in [3.05, 3.63) is 35.4 Å². The summed E-state index contributed by atoms with van der Waals surface area (Å²) in [7, 11) is 0. The van der Waals surface area contributed by atoms with E-state index in [4.69, 9.17) is 15.6 Å². The number of ketones is 1. The molecule has 3 N–H and O–H groups in total. The molecule has 1 aromatic carbocycles. The second-order valence-electron chi connectivity index (χ2n) is 5.62. The number of hydrogen-bond acceptors (Lipinski definition) is 5. The third-order valence-electron chi connectivity index (χ3n) is 3.21. The summed E-state index contributed by atoms with van der Waals surface area (Å²) in [6.45, 7) is 4.54. The maximum Gasteiger partial charge on any atom is 0.416 e. The first-order valence-electron chi connectivity index (χ1n) is 7.27.